The first-order valence-corrected chi connectivity index (χ1v) is 8.40. The summed E-state index contributed by atoms with van der Waals surface area (Å²) >= 11 is 0. The van der Waals surface area contributed by atoms with Gasteiger partial charge in [0.2, 0.25) is 0 Å². The summed E-state index contributed by atoms with van der Waals surface area (Å²) in [6.45, 7) is 9.45. The van der Waals surface area contributed by atoms with E-state index in [2.05, 4.69) is 44.5 Å². The van der Waals surface area contributed by atoms with Crippen LogP contribution in [0.2, 0.25) is 19.6 Å². The summed E-state index contributed by atoms with van der Waals surface area (Å²) in [6.07, 6.45) is 0. The fourth-order valence-corrected chi connectivity index (χ4v) is 4.91. The Morgan fingerprint density at radius 1 is 1.27 bits per heavy atom. The van der Waals surface area contributed by atoms with Gasteiger partial charge in [0, 0.05) is 0 Å². The van der Waals surface area contributed by atoms with E-state index in [9.17, 15) is 0 Å². The highest BCUT2D eigenvalue weighted by atomic mass is 31.0. The summed E-state index contributed by atoms with van der Waals surface area (Å²) in [4.78, 5) is 1.68. The van der Waals surface area contributed by atoms with Crippen LogP contribution >= 0.6 is 8.19 Å². The van der Waals surface area contributed by atoms with Crippen molar-refractivity contribution in [2.75, 3.05) is 0 Å². The zero-order valence-corrected chi connectivity index (χ0v) is 9.57. The maximum atomic E-state index is 2.41. The molecule has 0 unspecified atom stereocenters. The lowest BCUT2D eigenvalue weighted by Gasteiger charge is -2.17. The lowest BCUT2D eigenvalue weighted by molar-refractivity contribution is 1.54. The molecule has 1 heterocycles. The summed E-state index contributed by atoms with van der Waals surface area (Å²) in [5.41, 5.74) is 1.49. The Balaban J connectivity index is 3.14. The van der Waals surface area contributed by atoms with Gasteiger partial charge in [0.1, 0.15) is 0 Å². The van der Waals surface area contributed by atoms with Gasteiger partial charge >= 0.3 is 0 Å². The average Bonchev–Trinajstić information content (AvgIpc) is 1.86. The molecule has 0 N–H and O–H groups in total. The minimum Gasteiger partial charge on any atom is -0.0772 e. The molecule has 0 nitrogen and oxygen atoms in total. The van der Waals surface area contributed by atoms with Crippen LogP contribution in [0.25, 0.3) is 0 Å². The van der Waals surface area contributed by atoms with Gasteiger partial charge in [-0.1, -0.05) is 40.0 Å². The molecule has 0 radical (unpaired) electrons. The predicted octanol–water partition coefficient (Wildman–Crippen LogP) is 3.12. The Bertz CT molecular complexity index is 250. The lowest BCUT2D eigenvalue weighted by atomic mass is 10.4. The standard InChI is InChI=1S/C9H15PSi/c1-8-6-5-7-10-9(8)11(2,3)4/h5-7H,1-4H3. The normalized spacial score (nSPS) is 12.4. The smallest absolute Gasteiger partial charge is 0.0772 e. The summed E-state index contributed by atoms with van der Waals surface area (Å²) < 4.78 is 0. The van der Waals surface area contributed by atoms with Crippen LogP contribution in [0.3, 0.4) is 0 Å². The van der Waals surface area contributed by atoms with E-state index >= 15 is 0 Å². The zero-order valence-electron chi connectivity index (χ0n) is 7.68. The van der Waals surface area contributed by atoms with Crippen molar-refractivity contribution in [1.82, 2.24) is 0 Å². The maximum Gasteiger partial charge on any atom is 0.0838 e. The highest BCUT2D eigenvalue weighted by molar-refractivity contribution is 7.40. The SMILES string of the molecule is Cc1cccpc1[Si](C)(C)C. The van der Waals surface area contributed by atoms with Gasteiger partial charge in [0.15, 0.2) is 0 Å². The fourth-order valence-electron chi connectivity index (χ4n) is 1.27. The summed E-state index contributed by atoms with van der Waals surface area (Å²) in [5, 5.41) is 0. The molecule has 1 rings (SSSR count). The molecule has 0 aliphatic rings. The number of hydrogen-bond donors (Lipinski definition) is 0. The summed E-state index contributed by atoms with van der Waals surface area (Å²) in [6, 6.07) is 4.38. The third-order valence-corrected chi connectivity index (χ3v) is 6.87. The van der Waals surface area contributed by atoms with Crippen LogP contribution in [-0.2, 0) is 0 Å². The molecule has 0 spiro atoms. The topological polar surface area (TPSA) is 0 Å². The van der Waals surface area contributed by atoms with Crippen molar-refractivity contribution in [2.45, 2.75) is 26.6 Å². The molecule has 2 heteroatoms. The Morgan fingerprint density at radius 2 is 1.91 bits per heavy atom. The van der Waals surface area contributed by atoms with E-state index in [-0.39, 0.29) is 0 Å². The second-order valence-corrected chi connectivity index (χ2v) is 10.3. The van der Waals surface area contributed by atoms with E-state index < -0.39 is 8.07 Å². The number of hydrogen-bond acceptors (Lipinski definition) is 0. The second-order valence-electron chi connectivity index (χ2n) is 3.92. The van der Waals surface area contributed by atoms with Crippen molar-refractivity contribution in [3.63, 3.8) is 0 Å². The Morgan fingerprint density at radius 3 is 2.27 bits per heavy atom. The fraction of sp³-hybridized carbons (Fsp3) is 0.444. The first-order valence-electron chi connectivity index (χ1n) is 3.94. The Labute approximate surface area is 71.8 Å². The molecule has 0 amide bonds. The van der Waals surface area contributed by atoms with E-state index in [1.54, 1.807) is 4.92 Å². The van der Waals surface area contributed by atoms with Crippen molar-refractivity contribution in [2.24, 2.45) is 0 Å². The maximum absolute atomic E-state index is 2.41. The van der Waals surface area contributed by atoms with Gasteiger partial charge in [-0.05, 0) is 23.2 Å². The van der Waals surface area contributed by atoms with E-state index in [0.29, 0.717) is 0 Å². The molecular weight excluding hydrogens is 167 g/mol. The molecule has 1 aromatic heterocycles. The van der Waals surface area contributed by atoms with Gasteiger partial charge in [-0.2, -0.15) is 0 Å². The largest absolute Gasteiger partial charge is 0.0838 e. The minimum atomic E-state index is -1.03. The van der Waals surface area contributed by atoms with Crippen molar-refractivity contribution in [1.29, 1.82) is 0 Å². The first kappa shape index (κ1) is 8.96. The van der Waals surface area contributed by atoms with Crippen LogP contribution < -0.4 is 4.92 Å². The van der Waals surface area contributed by atoms with Crippen molar-refractivity contribution in [3.8, 4) is 0 Å². The van der Waals surface area contributed by atoms with E-state index in [1.165, 1.54) is 13.8 Å². The highest BCUT2D eigenvalue weighted by Gasteiger charge is 2.17. The van der Waals surface area contributed by atoms with Crippen molar-refractivity contribution >= 4 is 21.2 Å². The zero-order chi connectivity index (χ0) is 8.48. The molecule has 0 aliphatic carbocycles. The first-order chi connectivity index (χ1) is 5.02. The molecular formula is C9H15PSi. The Kier molecular flexibility index (Phi) is 2.51. The third kappa shape index (κ3) is 2.15. The van der Waals surface area contributed by atoms with Gasteiger partial charge in [-0.3, -0.25) is 0 Å². The van der Waals surface area contributed by atoms with Gasteiger partial charge in [0.05, 0.1) is 8.07 Å². The monoisotopic (exact) mass is 182 g/mol. The van der Waals surface area contributed by atoms with Crippen molar-refractivity contribution < 1.29 is 0 Å². The molecule has 0 bridgehead atoms. The number of aryl methyl sites for hydroxylation is 1. The molecule has 0 saturated carbocycles. The molecule has 0 atom stereocenters. The molecule has 1 aromatic rings. The van der Waals surface area contributed by atoms with E-state index in [0.717, 1.165) is 0 Å². The van der Waals surface area contributed by atoms with Crippen LogP contribution in [0.5, 0.6) is 0 Å². The van der Waals surface area contributed by atoms with Gasteiger partial charge < -0.3 is 0 Å². The van der Waals surface area contributed by atoms with E-state index in [1.807, 2.05) is 0 Å². The van der Waals surface area contributed by atoms with Crippen LogP contribution in [0.15, 0.2) is 17.9 Å². The number of rotatable bonds is 1. The van der Waals surface area contributed by atoms with Gasteiger partial charge in [-0.15, -0.1) is 0 Å². The molecule has 11 heavy (non-hydrogen) atoms. The third-order valence-electron chi connectivity index (χ3n) is 1.72. The quantitative estimate of drug-likeness (QED) is 0.585. The average molecular weight is 182 g/mol. The van der Waals surface area contributed by atoms with Crippen molar-refractivity contribution in [3.05, 3.63) is 23.5 Å². The van der Waals surface area contributed by atoms with Crippen LogP contribution in [0.1, 0.15) is 5.56 Å². The van der Waals surface area contributed by atoms with Gasteiger partial charge in [0.25, 0.3) is 0 Å². The second kappa shape index (κ2) is 3.08. The Hall–Kier alpha value is -0.133. The van der Waals surface area contributed by atoms with Gasteiger partial charge in [-0.25, -0.2) is 0 Å². The summed E-state index contributed by atoms with van der Waals surface area (Å²) in [5.74, 6) is 2.24. The minimum absolute atomic E-state index is 1.03. The highest BCUT2D eigenvalue weighted by Crippen LogP contribution is 2.13. The van der Waals surface area contributed by atoms with E-state index in [4.69, 9.17) is 0 Å². The summed E-state index contributed by atoms with van der Waals surface area (Å²) in [7, 11) is 0.396. The predicted molar refractivity (Wildman–Crippen MR) is 56.7 cm³/mol. The lowest BCUT2D eigenvalue weighted by Crippen LogP contribution is -2.37. The molecule has 0 aliphatic heterocycles. The van der Waals surface area contributed by atoms with Crippen LogP contribution in [0.4, 0.5) is 0 Å². The van der Waals surface area contributed by atoms with Crippen LogP contribution in [-0.4, -0.2) is 8.07 Å². The molecule has 0 fully saturated rings. The van der Waals surface area contributed by atoms with Crippen LogP contribution in [0, 0.1) is 6.92 Å². The molecule has 0 aromatic carbocycles. The molecule has 0 saturated heterocycles. The molecule has 60 valence electrons.